The Bertz CT molecular complexity index is 3240. The molecule has 0 radical (unpaired) electrons. The largest absolute Gasteiger partial charge is 0.292 e. The first-order chi connectivity index (χ1) is 27.7. The third kappa shape index (κ3) is 4.31. The second-order valence-electron chi connectivity index (χ2n) is 12.1. The molecule has 0 saturated carbocycles. The maximum absolute atomic E-state index is 9.46. The zero-order chi connectivity index (χ0) is 39.3. The second kappa shape index (κ2) is 11.0. The van der Waals surface area contributed by atoms with Crippen LogP contribution in [-0.2, 0) is 0 Å². The number of aromatic nitrogens is 2. The van der Waals surface area contributed by atoms with Crippen molar-refractivity contribution < 1.29 is 11.0 Å². The van der Waals surface area contributed by atoms with Crippen LogP contribution in [0.3, 0.4) is 0 Å². The van der Waals surface area contributed by atoms with Crippen LogP contribution in [0.5, 0.6) is 0 Å². The predicted octanol–water partition coefficient (Wildman–Crippen LogP) is 12.6. The summed E-state index contributed by atoms with van der Waals surface area (Å²) in [5, 5.41) is 4.30. The first-order valence-corrected chi connectivity index (χ1v) is 16.2. The third-order valence-corrected chi connectivity index (χ3v) is 9.42. The Hall–Kier alpha value is -6.51. The van der Waals surface area contributed by atoms with Gasteiger partial charge in [-0.2, -0.15) is 0 Å². The molecule has 0 aliphatic heterocycles. The molecule has 228 valence electrons. The number of benzene rings is 9. The molecule has 0 saturated heterocycles. The summed E-state index contributed by atoms with van der Waals surface area (Å²) >= 11 is 0. The minimum atomic E-state index is -0.433. The molecule has 0 bridgehead atoms. The maximum Gasteiger partial charge on any atom is 0.145 e. The lowest BCUT2D eigenvalue weighted by Crippen LogP contribution is -1.98. The van der Waals surface area contributed by atoms with E-state index in [2.05, 4.69) is 4.57 Å². The Morgan fingerprint density at radius 2 is 1.02 bits per heavy atom. The van der Waals surface area contributed by atoms with E-state index in [-0.39, 0.29) is 45.7 Å². The van der Waals surface area contributed by atoms with E-state index in [0.717, 1.165) is 49.7 Å². The summed E-state index contributed by atoms with van der Waals surface area (Å²) in [6, 6.07) is 40.0. The molecule has 1 aromatic heterocycles. The fourth-order valence-corrected chi connectivity index (χ4v) is 7.29. The molecule has 10 aromatic rings. The molecule has 0 aliphatic rings. The number of hydrogen-bond donors (Lipinski definition) is 0. The summed E-state index contributed by atoms with van der Waals surface area (Å²) in [5.74, 6) is 0.746. The van der Waals surface area contributed by atoms with Crippen LogP contribution in [0.2, 0.25) is 0 Å². The molecule has 9 aromatic carbocycles. The van der Waals surface area contributed by atoms with Crippen molar-refractivity contribution in [2.45, 2.75) is 0 Å². The Balaban J connectivity index is 1.35. The highest BCUT2D eigenvalue weighted by Gasteiger charge is 2.20. The third-order valence-electron chi connectivity index (χ3n) is 9.42. The predicted molar refractivity (Wildman–Crippen MR) is 207 cm³/mol. The molecule has 1 heterocycles. The van der Waals surface area contributed by atoms with Crippen LogP contribution >= 0.6 is 0 Å². The lowest BCUT2D eigenvalue weighted by molar-refractivity contribution is 1.10. The van der Waals surface area contributed by atoms with Crippen molar-refractivity contribution >= 4 is 54.1 Å². The van der Waals surface area contributed by atoms with Crippen LogP contribution < -0.4 is 0 Å². The first kappa shape index (κ1) is 20.7. The zero-order valence-corrected chi connectivity index (χ0v) is 26.1. The van der Waals surface area contributed by atoms with Crippen molar-refractivity contribution in [3.63, 3.8) is 0 Å². The Labute approximate surface area is 295 Å². The minimum Gasteiger partial charge on any atom is -0.292 e. The van der Waals surface area contributed by atoms with Crippen LogP contribution in [0, 0.1) is 0 Å². The average molecular weight is 631 g/mol. The molecule has 10 rings (SSSR count). The summed E-state index contributed by atoms with van der Waals surface area (Å²) in [6.45, 7) is 0. The normalized spacial score (nSPS) is 14.0. The van der Waals surface area contributed by atoms with Crippen molar-refractivity contribution in [2.75, 3.05) is 0 Å². The standard InChI is InChI=1S/C47H30N2/c1-2-14-32(15-3-1)47-48-43-24-12-13-25-44(43)49(47)34-28-26-31(27-29-34)45-38-20-8-10-22-40(38)46(41-23-11-9-21-39(41)45)42-30-33-16-4-5-17-35(33)36-18-6-7-19-37(36)42/h1-30H/i8D,9D,10D,11D,20D,21D,22D,23D. The van der Waals surface area contributed by atoms with Gasteiger partial charge in [-0.05, 0) is 95.7 Å². The highest BCUT2D eigenvalue weighted by Crippen LogP contribution is 2.46. The highest BCUT2D eigenvalue weighted by atomic mass is 15.1. The average Bonchev–Trinajstić information content (AvgIpc) is 3.65. The summed E-state index contributed by atoms with van der Waals surface area (Å²) in [4.78, 5) is 4.97. The van der Waals surface area contributed by atoms with Crippen LogP contribution in [0.1, 0.15) is 11.0 Å². The van der Waals surface area contributed by atoms with Crippen molar-refractivity contribution in [3.05, 3.63) is 182 Å². The molecule has 0 unspecified atom stereocenters. The molecule has 49 heavy (non-hydrogen) atoms. The van der Waals surface area contributed by atoms with Gasteiger partial charge in [0.15, 0.2) is 0 Å². The molecule has 0 fully saturated rings. The van der Waals surface area contributed by atoms with Gasteiger partial charge in [0.1, 0.15) is 5.82 Å². The van der Waals surface area contributed by atoms with Gasteiger partial charge in [0, 0.05) is 11.3 Å². The van der Waals surface area contributed by atoms with E-state index in [1.165, 1.54) is 0 Å². The number of nitrogens with zero attached hydrogens (tertiary/aromatic N) is 2. The first-order valence-electron chi connectivity index (χ1n) is 20.2. The van der Waals surface area contributed by atoms with Gasteiger partial charge in [-0.15, -0.1) is 0 Å². The smallest absolute Gasteiger partial charge is 0.145 e. The summed E-state index contributed by atoms with van der Waals surface area (Å²) in [6.07, 6.45) is 0. The van der Waals surface area contributed by atoms with Crippen LogP contribution in [-0.4, -0.2) is 9.55 Å². The van der Waals surface area contributed by atoms with E-state index < -0.39 is 24.2 Å². The number of hydrogen-bond acceptors (Lipinski definition) is 1. The van der Waals surface area contributed by atoms with Gasteiger partial charge in [0.2, 0.25) is 0 Å². The van der Waals surface area contributed by atoms with E-state index >= 15 is 0 Å². The van der Waals surface area contributed by atoms with Crippen molar-refractivity contribution in [1.82, 2.24) is 9.55 Å². The van der Waals surface area contributed by atoms with Gasteiger partial charge in [-0.25, -0.2) is 4.98 Å². The second-order valence-corrected chi connectivity index (χ2v) is 12.1. The van der Waals surface area contributed by atoms with Crippen LogP contribution in [0.4, 0.5) is 0 Å². The number of rotatable bonds is 4. The molecule has 0 aliphatic carbocycles. The quantitative estimate of drug-likeness (QED) is 0.140. The molecule has 2 heteroatoms. The van der Waals surface area contributed by atoms with Crippen molar-refractivity contribution in [3.8, 4) is 39.3 Å². The monoisotopic (exact) mass is 630 g/mol. The molecular formula is C47H30N2. The lowest BCUT2D eigenvalue weighted by atomic mass is 9.84. The van der Waals surface area contributed by atoms with Gasteiger partial charge in [0.25, 0.3) is 0 Å². The summed E-state index contributed by atoms with van der Waals surface area (Å²) in [5.41, 5.74) is 5.22. The fourth-order valence-electron chi connectivity index (χ4n) is 7.29. The summed E-state index contributed by atoms with van der Waals surface area (Å²) < 4.78 is 75.4. The van der Waals surface area contributed by atoms with Gasteiger partial charge in [-0.1, -0.05) is 151 Å². The Morgan fingerprint density at radius 3 is 1.73 bits per heavy atom. The van der Waals surface area contributed by atoms with E-state index in [4.69, 9.17) is 10.5 Å². The topological polar surface area (TPSA) is 17.8 Å². The molecule has 0 atom stereocenters. The molecule has 0 spiro atoms. The number of para-hydroxylation sites is 2. The molecule has 2 nitrogen and oxygen atoms in total. The lowest BCUT2D eigenvalue weighted by Gasteiger charge is -2.20. The van der Waals surface area contributed by atoms with E-state index in [1.54, 1.807) is 0 Å². The summed E-state index contributed by atoms with van der Waals surface area (Å²) in [7, 11) is 0. The van der Waals surface area contributed by atoms with E-state index in [0.29, 0.717) is 22.3 Å². The van der Waals surface area contributed by atoms with Gasteiger partial charge in [0.05, 0.1) is 22.0 Å². The van der Waals surface area contributed by atoms with E-state index in [1.807, 2.05) is 133 Å². The Morgan fingerprint density at radius 1 is 0.449 bits per heavy atom. The Kier molecular flexibility index (Phi) is 4.66. The highest BCUT2D eigenvalue weighted by molar-refractivity contribution is 6.25. The fraction of sp³-hybridized carbons (Fsp3) is 0. The van der Waals surface area contributed by atoms with Crippen LogP contribution in [0.25, 0.3) is 93.5 Å². The SMILES string of the molecule is [2H]c1c([2H])c([2H])c2c(-c3cc4ccccc4c4ccccc34)c3c([2H])c([2H])c([2H])c([2H])c3c(-c3ccc(-n4c(-c5ccccc5)nc5ccccc54)cc3)c2c1[2H]. The minimum absolute atomic E-state index is 0.177. The zero-order valence-electron chi connectivity index (χ0n) is 34.1. The van der Waals surface area contributed by atoms with Gasteiger partial charge >= 0.3 is 0 Å². The maximum atomic E-state index is 9.46. The molecule has 0 amide bonds. The molecule has 0 N–H and O–H groups in total. The van der Waals surface area contributed by atoms with Crippen molar-refractivity contribution in [2.24, 2.45) is 0 Å². The number of imidazole rings is 1. The van der Waals surface area contributed by atoms with Crippen LogP contribution in [0.15, 0.2) is 182 Å². The van der Waals surface area contributed by atoms with Gasteiger partial charge in [-0.3, -0.25) is 4.57 Å². The van der Waals surface area contributed by atoms with E-state index in [9.17, 15) is 5.48 Å². The molecular weight excluding hydrogens is 593 g/mol. The van der Waals surface area contributed by atoms with Gasteiger partial charge < -0.3 is 0 Å². The van der Waals surface area contributed by atoms with Crippen molar-refractivity contribution in [1.29, 1.82) is 0 Å². The number of fused-ring (bicyclic) bond motifs is 6.